The smallest absolute Gasteiger partial charge is 0.227 e. The molecule has 2 heterocycles. The van der Waals surface area contributed by atoms with E-state index in [1.807, 2.05) is 59.5 Å². The first-order valence-corrected chi connectivity index (χ1v) is 10.8. The van der Waals surface area contributed by atoms with Gasteiger partial charge in [-0.1, -0.05) is 48.5 Å². The summed E-state index contributed by atoms with van der Waals surface area (Å²) >= 11 is 1.31. The Morgan fingerprint density at radius 2 is 1.77 bits per heavy atom. The van der Waals surface area contributed by atoms with Crippen LogP contribution in [0.2, 0.25) is 0 Å². The number of para-hydroxylation sites is 1. The molecule has 1 aromatic heterocycles. The zero-order chi connectivity index (χ0) is 21.8. The molecule has 0 radical (unpaired) electrons. The van der Waals surface area contributed by atoms with Crippen molar-refractivity contribution in [2.75, 3.05) is 22.9 Å². The molecule has 6 nitrogen and oxygen atoms in total. The molecule has 2 N–H and O–H groups in total. The molecule has 0 atom stereocenters. The minimum atomic E-state index is 0.0425. The van der Waals surface area contributed by atoms with Crippen molar-refractivity contribution < 1.29 is 4.79 Å². The second-order valence-electron chi connectivity index (χ2n) is 7.04. The number of nitrogens with two attached hydrogens (primary N) is 1. The Balaban J connectivity index is 1.56. The zero-order valence-electron chi connectivity index (χ0n) is 16.7. The van der Waals surface area contributed by atoms with Gasteiger partial charge in [-0.05, 0) is 23.6 Å². The van der Waals surface area contributed by atoms with Crippen LogP contribution in [0.3, 0.4) is 0 Å². The van der Waals surface area contributed by atoms with Crippen LogP contribution in [-0.4, -0.2) is 23.2 Å². The fourth-order valence-corrected chi connectivity index (χ4v) is 4.69. The van der Waals surface area contributed by atoms with Crippen molar-refractivity contribution in [3.05, 3.63) is 71.3 Å². The summed E-state index contributed by atoms with van der Waals surface area (Å²) in [6, 6.07) is 21.4. The fourth-order valence-electron chi connectivity index (χ4n) is 3.76. The molecule has 2 aromatic carbocycles. The number of rotatable bonds is 5. The maximum Gasteiger partial charge on any atom is 0.227 e. The van der Waals surface area contributed by atoms with Crippen LogP contribution in [-0.2, 0) is 11.2 Å². The molecule has 3 aromatic rings. The van der Waals surface area contributed by atoms with Crippen LogP contribution in [0.15, 0.2) is 59.6 Å². The number of pyridine rings is 1. The SMILES string of the molecule is N#Cc1c(N)nc(SCCC(=O)N2CCc3ccccc32)c(C#N)c1-c1ccccc1. The molecule has 0 spiro atoms. The summed E-state index contributed by atoms with van der Waals surface area (Å²) in [6.45, 7) is 0.687. The van der Waals surface area contributed by atoms with Gasteiger partial charge >= 0.3 is 0 Å². The number of carbonyl (C=O) groups excluding carboxylic acids is 1. The summed E-state index contributed by atoms with van der Waals surface area (Å²) in [5.41, 5.74) is 9.92. The van der Waals surface area contributed by atoms with Crippen molar-refractivity contribution in [1.29, 1.82) is 10.5 Å². The summed E-state index contributed by atoms with van der Waals surface area (Å²) in [7, 11) is 0. The highest BCUT2D eigenvalue weighted by Gasteiger charge is 2.24. The molecule has 1 aliphatic rings. The summed E-state index contributed by atoms with van der Waals surface area (Å²) in [6.07, 6.45) is 1.17. The second-order valence-corrected chi connectivity index (χ2v) is 8.12. The number of nitrogens with zero attached hydrogens (tertiary/aromatic N) is 4. The minimum Gasteiger partial charge on any atom is -0.383 e. The lowest BCUT2D eigenvalue weighted by Gasteiger charge is -2.17. The van der Waals surface area contributed by atoms with Gasteiger partial charge in [-0.2, -0.15) is 10.5 Å². The van der Waals surface area contributed by atoms with Crippen molar-refractivity contribution in [3.63, 3.8) is 0 Å². The average Bonchev–Trinajstić information content (AvgIpc) is 3.23. The quantitative estimate of drug-likeness (QED) is 0.616. The molecule has 152 valence electrons. The largest absolute Gasteiger partial charge is 0.383 e. The molecule has 1 amide bonds. The normalized spacial score (nSPS) is 12.1. The van der Waals surface area contributed by atoms with Crippen molar-refractivity contribution >= 4 is 29.2 Å². The summed E-state index contributed by atoms with van der Waals surface area (Å²) in [5.74, 6) is 0.585. The Morgan fingerprint density at radius 3 is 2.52 bits per heavy atom. The van der Waals surface area contributed by atoms with Crippen LogP contribution in [0.5, 0.6) is 0 Å². The third-order valence-corrected chi connectivity index (χ3v) is 6.20. The lowest BCUT2D eigenvalue weighted by atomic mass is 9.97. The van der Waals surface area contributed by atoms with Crippen LogP contribution in [0.1, 0.15) is 23.1 Å². The Kier molecular flexibility index (Phi) is 5.88. The molecule has 1 aliphatic heterocycles. The number of hydrogen-bond donors (Lipinski definition) is 1. The maximum atomic E-state index is 12.8. The van der Waals surface area contributed by atoms with Gasteiger partial charge in [-0.15, -0.1) is 11.8 Å². The number of benzene rings is 2. The van der Waals surface area contributed by atoms with E-state index in [1.54, 1.807) is 0 Å². The summed E-state index contributed by atoms with van der Waals surface area (Å²) in [4.78, 5) is 18.9. The number of thioether (sulfide) groups is 1. The Labute approximate surface area is 184 Å². The highest BCUT2D eigenvalue weighted by Crippen LogP contribution is 2.36. The predicted molar refractivity (Wildman–Crippen MR) is 121 cm³/mol. The second kappa shape index (κ2) is 8.91. The lowest BCUT2D eigenvalue weighted by Crippen LogP contribution is -2.29. The summed E-state index contributed by atoms with van der Waals surface area (Å²) < 4.78 is 0. The molecule has 31 heavy (non-hydrogen) atoms. The number of nitrogen functional groups attached to an aromatic ring is 1. The number of hydrogen-bond acceptors (Lipinski definition) is 6. The lowest BCUT2D eigenvalue weighted by molar-refractivity contribution is -0.118. The first-order valence-electron chi connectivity index (χ1n) is 9.84. The van der Waals surface area contributed by atoms with Gasteiger partial charge in [0.05, 0.1) is 5.56 Å². The van der Waals surface area contributed by atoms with Gasteiger partial charge in [0.2, 0.25) is 5.91 Å². The maximum absolute atomic E-state index is 12.8. The molecule has 7 heteroatoms. The monoisotopic (exact) mass is 425 g/mol. The first-order chi connectivity index (χ1) is 15.1. The van der Waals surface area contributed by atoms with Gasteiger partial charge in [0.25, 0.3) is 0 Å². The number of amides is 1. The minimum absolute atomic E-state index is 0.0425. The number of anilines is 2. The molecular weight excluding hydrogens is 406 g/mol. The van der Waals surface area contributed by atoms with Gasteiger partial charge in [0.1, 0.15) is 28.5 Å². The van der Waals surface area contributed by atoms with E-state index >= 15 is 0 Å². The molecule has 0 aliphatic carbocycles. The topological polar surface area (TPSA) is 107 Å². The van der Waals surface area contributed by atoms with Gasteiger partial charge in [-0.3, -0.25) is 4.79 Å². The van der Waals surface area contributed by atoms with E-state index in [2.05, 4.69) is 17.1 Å². The standard InChI is InChI=1S/C24H19N5OS/c25-14-18-22(17-7-2-1-3-8-17)19(15-26)24(28-23(18)27)31-13-11-21(30)29-12-10-16-6-4-5-9-20(16)29/h1-9H,10-13H2,(H2,27,28). The number of carbonyl (C=O) groups is 1. The van der Waals surface area contributed by atoms with Crippen molar-refractivity contribution in [1.82, 2.24) is 4.98 Å². The van der Waals surface area contributed by atoms with Crippen LogP contribution in [0, 0.1) is 22.7 Å². The Hall–Kier alpha value is -3.81. The molecule has 0 unspecified atom stereocenters. The molecular formula is C24H19N5OS. The molecule has 0 fully saturated rings. The number of nitriles is 2. The van der Waals surface area contributed by atoms with E-state index in [0.29, 0.717) is 34.9 Å². The van der Waals surface area contributed by atoms with E-state index < -0.39 is 0 Å². The highest BCUT2D eigenvalue weighted by atomic mass is 32.2. The van der Waals surface area contributed by atoms with Crippen molar-refractivity contribution in [2.45, 2.75) is 17.9 Å². The van der Waals surface area contributed by atoms with Crippen LogP contribution >= 0.6 is 11.8 Å². The average molecular weight is 426 g/mol. The van der Waals surface area contributed by atoms with E-state index in [0.717, 1.165) is 17.7 Å². The molecule has 0 saturated heterocycles. The van der Waals surface area contributed by atoms with Gasteiger partial charge in [-0.25, -0.2) is 4.98 Å². The van der Waals surface area contributed by atoms with Crippen LogP contribution < -0.4 is 10.6 Å². The van der Waals surface area contributed by atoms with Gasteiger partial charge < -0.3 is 10.6 Å². The van der Waals surface area contributed by atoms with Crippen LogP contribution in [0.25, 0.3) is 11.1 Å². The summed E-state index contributed by atoms with van der Waals surface area (Å²) in [5, 5.41) is 19.9. The first kappa shape index (κ1) is 20.5. The van der Waals surface area contributed by atoms with Crippen molar-refractivity contribution in [3.8, 4) is 23.3 Å². The predicted octanol–water partition coefficient (Wildman–Crippen LogP) is 4.15. The fraction of sp³-hybridized carbons (Fsp3) is 0.167. The van der Waals surface area contributed by atoms with Crippen molar-refractivity contribution in [2.24, 2.45) is 0 Å². The van der Waals surface area contributed by atoms with Crippen LogP contribution in [0.4, 0.5) is 11.5 Å². The van der Waals surface area contributed by atoms with E-state index in [1.165, 1.54) is 17.3 Å². The molecule has 0 bridgehead atoms. The number of aromatic nitrogens is 1. The Morgan fingerprint density at radius 1 is 1.06 bits per heavy atom. The molecule has 0 saturated carbocycles. The third kappa shape index (κ3) is 3.96. The van der Waals surface area contributed by atoms with E-state index in [4.69, 9.17) is 5.73 Å². The van der Waals surface area contributed by atoms with Gasteiger partial charge in [0.15, 0.2) is 0 Å². The Bertz CT molecular complexity index is 1230. The molecule has 4 rings (SSSR count). The van der Waals surface area contributed by atoms with E-state index in [9.17, 15) is 15.3 Å². The highest BCUT2D eigenvalue weighted by molar-refractivity contribution is 7.99. The third-order valence-electron chi connectivity index (χ3n) is 5.22. The zero-order valence-corrected chi connectivity index (χ0v) is 17.5. The number of fused-ring (bicyclic) bond motifs is 1. The van der Waals surface area contributed by atoms with E-state index in [-0.39, 0.29) is 17.3 Å². The van der Waals surface area contributed by atoms with Gasteiger partial charge in [0, 0.05) is 30.0 Å².